The van der Waals surface area contributed by atoms with Crippen molar-refractivity contribution in [2.45, 2.75) is 52.7 Å². The van der Waals surface area contributed by atoms with Gasteiger partial charge in [-0.25, -0.2) is 4.39 Å². The van der Waals surface area contributed by atoms with Crippen LogP contribution in [0.25, 0.3) is 6.08 Å². The van der Waals surface area contributed by atoms with E-state index in [0.29, 0.717) is 11.3 Å². The van der Waals surface area contributed by atoms with E-state index in [4.69, 9.17) is 9.31 Å². The number of hydrogen-bond acceptors (Lipinski definition) is 4. The van der Waals surface area contributed by atoms with E-state index in [1.807, 2.05) is 40.7 Å². The number of benzene rings is 1. The third kappa shape index (κ3) is 4.29. The summed E-state index contributed by atoms with van der Waals surface area (Å²) in [6.07, 6.45) is 1.73. The van der Waals surface area contributed by atoms with Crippen LogP contribution in [0, 0.1) is 12.7 Å². The zero-order chi connectivity index (χ0) is 18.1. The molecule has 1 heterocycles. The fourth-order valence-electron chi connectivity index (χ4n) is 2.31. The van der Waals surface area contributed by atoms with E-state index in [1.165, 1.54) is 24.8 Å². The van der Waals surface area contributed by atoms with Crippen LogP contribution >= 0.6 is 11.8 Å². The van der Waals surface area contributed by atoms with Crippen LogP contribution in [0.4, 0.5) is 4.39 Å². The highest BCUT2D eigenvalue weighted by Gasteiger charge is 2.52. The summed E-state index contributed by atoms with van der Waals surface area (Å²) >= 11 is 1.17. The molecular formula is C18H24BFO3S. The molecule has 0 bridgehead atoms. The minimum absolute atomic E-state index is 0.00166. The lowest BCUT2D eigenvalue weighted by molar-refractivity contribution is -0.109. The normalized spacial score (nSPS) is 19.6. The number of hydrogen-bond donors (Lipinski definition) is 0. The van der Waals surface area contributed by atoms with Gasteiger partial charge in [-0.2, -0.15) is 0 Å². The van der Waals surface area contributed by atoms with Crippen molar-refractivity contribution in [3.8, 4) is 0 Å². The van der Waals surface area contributed by atoms with E-state index in [9.17, 15) is 9.18 Å². The van der Waals surface area contributed by atoms with Crippen molar-refractivity contribution >= 4 is 30.1 Å². The molecule has 130 valence electrons. The molecule has 3 nitrogen and oxygen atoms in total. The highest BCUT2D eigenvalue weighted by atomic mass is 32.2. The minimum atomic E-state index is -0.595. The molecule has 1 fully saturated rings. The van der Waals surface area contributed by atoms with Gasteiger partial charge < -0.3 is 9.31 Å². The minimum Gasteiger partial charge on any atom is -0.400 e. The molecule has 0 spiro atoms. The molecule has 24 heavy (non-hydrogen) atoms. The average Bonchev–Trinajstić information content (AvgIpc) is 2.65. The first-order valence-corrected chi connectivity index (χ1v) is 8.96. The van der Waals surface area contributed by atoms with Gasteiger partial charge in [0.05, 0.1) is 11.2 Å². The van der Waals surface area contributed by atoms with E-state index in [2.05, 4.69) is 0 Å². The quantitative estimate of drug-likeness (QED) is 0.753. The highest BCUT2D eigenvalue weighted by molar-refractivity contribution is 8.13. The van der Waals surface area contributed by atoms with Crippen molar-refractivity contribution in [1.82, 2.24) is 0 Å². The van der Waals surface area contributed by atoms with Gasteiger partial charge in [-0.1, -0.05) is 30.0 Å². The van der Waals surface area contributed by atoms with Crippen LogP contribution in [0.15, 0.2) is 23.7 Å². The summed E-state index contributed by atoms with van der Waals surface area (Å²) in [5.74, 6) is 0.108. The first kappa shape index (κ1) is 19.2. The smallest absolute Gasteiger partial charge is 0.400 e. The molecule has 1 saturated heterocycles. The summed E-state index contributed by atoms with van der Waals surface area (Å²) in [5.41, 5.74) is 1.11. The van der Waals surface area contributed by atoms with Gasteiger partial charge in [0.25, 0.3) is 0 Å². The van der Waals surface area contributed by atoms with Crippen LogP contribution in [0.3, 0.4) is 0 Å². The first-order valence-electron chi connectivity index (χ1n) is 7.97. The molecule has 0 amide bonds. The number of thioether (sulfide) groups is 1. The van der Waals surface area contributed by atoms with Crippen molar-refractivity contribution in [1.29, 1.82) is 0 Å². The maximum Gasteiger partial charge on any atom is 0.491 e. The number of aryl methyl sites for hydroxylation is 1. The second kappa shape index (κ2) is 7.02. The lowest BCUT2D eigenvalue weighted by Crippen LogP contribution is -2.41. The Labute approximate surface area is 148 Å². The van der Waals surface area contributed by atoms with Crippen LogP contribution in [0.2, 0.25) is 0 Å². The van der Waals surface area contributed by atoms with Crippen LogP contribution in [0.5, 0.6) is 0 Å². The zero-order valence-corrected chi connectivity index (χ0v) is 15.9. The molecule has 0 radical (unpaired) electrons. The number of rotatable bonds is 4. The van der Waals surface area contributed by atoms with Crippen LogP contribution in [-0.4, -0.2) is 29.2 Å². The van der Waals surface area contributed by atoms with Crippen molar-refractivity contribution in [3.05, 3.63) is 40.6 Å². The van der Waals surface area contributed by atoms with Crippen LogP contribution < -0.4 is 0 Å². The van der Waals surface area contributed by atoms with E-state index < -0.39 is 18.3 Å². The maximum absolute atomic E-state index is 14.2. The summed E-state index contributed by atoms with van der Waals surface area (Å²) in [6.45, 7) is 11.2. The lowest BCUT2D eigenvalue weighted by atomic mass is 9.78. The topological polar surface area (TPSA) is 35.5 Å². The Morgan fingerprint density at radius 3 is 2.33 bits per heavy atom. The van der Waals surface area contributed by atoms with Gasteiger partial charge in [0.1, 0.15) is 5.82 Å². The molecule has 0 N–H and O–H groups in total. The second-order valence-corrected chi connectivity index (χ2v) is 8.26. The molecule has 1 aromatic rings. The van der Waals surface area contributed by atoms with Gasteiger partial charge in [0, 0.05) is 18.2 Å². The monoisotopic (exact) mass is 350 g/mol. The standard InChI is InChI=1S/C18H24BFO3S/c1-12-7-8-14(16(20)9-12)10-15(11-24-13(2)21)19-22-17(3,4)18(5,6)23-19/h7-10H,11H2,1-6H3. The Balaban J connectivity index is 2.35. The summed E-state index contributed by atoms with van der Waals surface area (Å²) < 4.78 is 26.3. The summed E-state index contributed by atoms with van der Waals surface area (Å²) in [4.78, 5) is 11.4. The Hall–Kier alpha value is -1.11. The van der Waals surface area contributed by atoms with E-state index in [0.717, 1.165) is 11.0 Å². The Kier molecular flexibility index (Phi) is 5.62. The molecule has 1 aliphatic rings. The molecule has 2 rings (SSSR count). The molecular weight excluding hydrogens is 326 g/mol. The third-order valence-corrected chi connectivity index (χ3v) is 5.38. The summed E-state index contributed by atoms with van der Waals surface area (Å²) in [6, 6.07) is 5.08. The van der Waals surface area contributed by atoms with Crippen LogP contribution in [-0.2, 0) is 14.1 Å². The molecule has 6 heteroatoms. The largest absolute Gasteiger partial charge is 0.491 e. The van der Waals surface area contributed by atoms with Gasteiger partial charge in [-0.3, -0.25) is 4.79 Å². The van der Waals surface area contributed by atoms with E-state index in [-0.39, 0.29) is 10.9 Å². The van der Waals surface area contributed by atoms with Gasteiger partial charge in [0.2, 0.25) is 0 Å². The van der Waals surface area contributed by atoms with Crippen molar-refractivity contribution in [2.75, 3.05) is 5.75 Å². The number of halogens is 1. The predicted octanol–water partition coefficient (Wildman–Crippen LogP) is 4.43. The molecule has 1 aromatic carbocycles. The zero-order valence-electron chi connectivity index (χ0n) is 15.1. The van der Waals surface area contributed by atoms with Crippen molar-refractivity contribution < 1.29 is 18.5 Å². The molecule has 0 saturated carbocycles. The van der Waals surface area contributed by atoms with Gasteiger partial charge in [-0.15, -0.1) is 0 Å². The van der Waals surface area contributed by atoms with Gasteiger partial charge in [0.15, 0.2) is 5.12 Å². The number of carbonyl (C=O) groups excluding carboxylic acids is 1. The molecule has 0 aromatic heterocycles. The van der Waals surface area contributed by atoms with E-state index in [1.54, 1.807) is 12.1 Å². The Morgan fingerprint density at radius 1 is 1.25 bits per heavy atom. The fraction of sp³-hybridized carbons (Fsp3) is 0.500. The van der Waals surface area contributed by atoms with Crippen molar-refractivity contribution in [2.24, 2.45) is 0 Å². The van der Waals surface area contributed by atoms with Gasteiger partial charge >= 0.3 is 7.12 Å². The fourth-order valence-corrected chi connectivity index (χ4v) is 2.90. The molecule has 0 aliphatic carbocycles. The number of carbonyl (C=O) groups is 1. The SMILES string of the molecule is CC(=O)SCC(=Cc1ccc(C)cc1F)B1OC(C)(C)C(C)(C)O1. The first-order chi connectivity index (χ1) is 11.0. The lowest BCUT2D eigenvalue weighted by Gasteiger charge is -2.32. The average molecular weight is 350 g/mol. The highest BCUT2D eigenvalue weighted by Crippen LogP contribution is 2.39. The molecule has 0 atom stereocenters. The molecule has 1 aliphatic heterocycles. The maximum atomic E-state index is 14.2. The molecule has 0 unspecified atom stereocenters. The van der Waals surface area contributed by atoms with E-state index >= 15 is 0 Å². The third-order valence-electron chi connectivity index (χ3n) is 4.49. The summed E-state index contributed by atoms with van der Waals surface area (Å²) in [7, 11) is -0.595. The van der Waals surface area contributed by atoms with Crippen molar-refractivity contribution in [3.63, 3.8) is 0 Å². The summed E-state index contributed by atoms with van der Waals surface area (Å²) in [5, 5.41) is 0.00166. The Bertz CT molecular complexity index is 654. The Morgan fingerprint density at radius 2 is 1.83 bits per heavy atom. The second-order valence-electron chi connectivity index (χ2n) is 7.11. The predicted molar refractivity (Wildman–Crippen MR) is 98.3 cm³/mol. The van der Waals surface area contributed by atoms with Crippen LogP contribution in [0.1, 0.15) is 45.7 Å². The van der Waals surface area contributed by atoms with Gasteiger partial charge in [-0.05, 0) is 51.7 Å².